The van der Waals surface area contributed by atoms with E-state index in [2.05, 4.69) is 20.5 Å². The van der Waals surface area contributed by atoms with E-state index in [0.717, 1.165) is 16.8 Å². The molecule has 0 N–H and O–H groups in total. The molecule has 0 amide bonds. The predicted molar refractivity (Wildman–Crippen MR) is 99.7 cm³/mol. The average Bonchev–Trinajstić information content (AvgIpc) is 3.09. The van der Waals surface area contributed by atoms with E-state index in [-0.39, 0.29) is 5.56 Å². The standard InChI is InChI=1S/C18H16N6OS/c1-12-7-8-16-19-14(9-17(25)23(16)10-12)11-26-18-20-21-22-24(18)15-6-4-3-5-13(15)2/h3-10H,11H2,1-2H3. The Morgan fingerprint density at radius 2 is 1.96 bits per heavy atom. The van der Waals surface area contributed by atoms with E-state index in [1.165, 1.54) is 11.8 Å². The maximum Gasteiger partial charge on any atom is 0.258 e. The molecule has 0 atom stereocenters. The Morgan fingerprint density at radius 1 is 1.12 bits per heavy atom. The quantitative estimate of drug-likeness (QED) is 0.518. The summed E-state index contributed by atoms with van der Waals surface area (Å²) in [5, 5.41) is 12.6. The second kappa shape index (κ2) is 6.72. The van der Waals surface area contributed by atoms with Crippen LogP contribution in [0.25, 0.3) is 11.3 Å². The first-order valence-corrected chi connectivity index (χ1v) is 9.06. The molecule has 3 heterocycles. The Bertz CT molecular complexity index is 1150. The first kappa shape index (κ1) is 16.5. The maximum atomic E-state index is 12.3. The molecule has 4 aromatic rings. The zero-order valence-corrected chi connectivity index (χ0v) is 15.1. The molecule has 0 unspecified atom stereocenters. The molecule has 0 spiro atoms. The molecule has 0 bridgehead atoms. The van der Waals surface area contributed by atoms with Gasteiger partial charge in [-0.1, -0.05) is 36.0 Å². The highest BCUT2D eigenvalue weighted by molar-refractivity contribution is 7.98. The summed E-state index contributed by atoms with van der Waals surface area (Å²) in [6, 6.07) is 13.3. The van der Waals surface area contributed by atoms with Gasteiger partial charge in [-0.15, -0.1) is 5.10 Å². The largest absolute Gasteiger partial charge is 0.269 e. The third kappa shape index (κ3) is 3.11. The lowest BCUT2D eigenvalue weighted by atomic mass is 10.2. The molecule has 0 radical (unpaired) electrons. The monoisotopic (exact) mass is 364 g/mol. The molecule has 0 aliphatic rings. The van der Waals surface area contributed by atoms with Crippen LogP contribution in [0, 0.1) is 13.8 Å². The summed E-state index contributed by atoms with van der Waals surface area (Å²) in [6.07, 6.45) is 1.79. The van der Waals surface area contributed by atoms with Gasteiger partial charge in [0.15, 0.2) is 0 Å². The molecule has 0 aliphatic heterocycles. The SMILES string of the molecule is Cc1ccc2nc(CSc3nnnn3-c3ccccc3C)cc(=O)n2c1. The smallest absolute Gasteiger partial charge is 0.258 e. The number of benzene rings is 1. The Labute approximate surface area is 153 Å². The minimum Gasteiger partial charge on any atom is -0.269 e. The molecule has 1 aromatic carbocycles. The number of thioether (sulfide) groups is 1. The number of aryl methyl sites for hydroxylation is 2. The van der Waals surface area contributed by atoms with Crippen molar-refractivity contribution in [2.75, 3.05) is 0 Å². The van der Waals surface area contributed by atoms with Crippen LogP contribution in [-0.4, -0.2) is 29.6 Å². The Kier molecular flexibility index (Phi) is 4.26. The number of para-hydroxylation sites is 1. The van der Waals surface area contributed by atoms with Crippen LogP contribution in [-0.2, 0) is 5.75 Å². The number of nitrogens with zero attached hydrogens (tertiary/aromatic N) is 6. The third-order valence-corrected chi connectivity index (χ3v) is 4.95. The molecular weight excluding hydrogens is 348 g/mol. The molecule has 7 nitrogen and oxygen atoms in total. The summed E-state index contributed by atoms with van der Waals surface area (Å²) in [5.74, 6) is 0.506. The fourth-order valence-electron chi connectivity index (χ4n) is 2.69. The van der Waals surface area contributed by atoms with Crippen LogP contribution in [0.2, 0.25) is 0 Å². The summed E-state index contributed by atoms with van der Waals surface area (Å²) in [4.78, 5) is 16.9. The lowest BCUT2D eigenvalue weighted by Gasteiger charge is -2.07. The number of tetrazole rings is 1. The third-order valence-electron chi connectivity index (χ3n) is 3.99. The van der Waals surface area contributed by atoms with Gasteiger partial charge in [-0.3, -0.25) is 9.20 Å². The number of hydrogen-bond acceptors (Lipinski definition) is 6. The highest BCUT2D eigenvalue weighted by Gasteiger charge is 2.12. The molecular formula is C18H16N6OS. The second-order valence-corrected chi connectivity index (χ2v) is 6.91. The van der Waals surface area contributed by atoms with Crippen molar-refractivity contribution in [2.24, 2.45) is 0 Å². The topological polar surface area (TPSA) is 78.0 Å². The summed E-state index contributed by atoms with van der Waals surface area (Å²) in [7, 11) is 0. The lowest BCUT2D eigenvalue weighted by Crippen LogP contribution is -2.15. The van der Waals surface area contributed by atoms with E-state index >= 15 is 0 Å². The van der Waals surface area contributed by atoms with Crippen LogP contribution < -0.4 is 5.56 Å². The predicted octanol–water partition coefficient (Wildman–Crippen LogP) is 2.58. The summed E-state index contributed by atoms with van der Waals surface area (Å²) in [5.41, 5.74) is 4.27. The lowest BCUT2D eigenvalue weighted by molar-refractivity contribution is 0.752. The van der Waals surface area contributed by atoms with E-state index in [1.54, 1.807) is 21.3 Å². The summed E-state index contributed by atoms with van der Waals surface area (Å²) in [6.45, 7) is 3.96. The Balaban J connectivity index is 1.62. The fraction of sp³-hybridized carbons (Fsp3) is 0.167. The van der Waals surface area contributed by atoms with Crippen molar-refractivity contribution in [2.45, 2.75) is 24.8 Å². The molecule has 0 fully saturated rings. The van der Waals surface area contributed by atoms with E-state index in [4.69, 9.17) is 0 Å². The highest BCUT2D eigenvalue weighted by Crippen LogP contribution is 2.23. The van der Waals surface area contributed by atoms with Gasteiger partial charge in [0.05, 0.1) is 11.4 Å². The summed E-state index contributed by atoms with van der Waals surface area (Å²) >= 11 is 1.45. The first-order valence-electron chi connectivity index (χ1n) is 8.08. The zero-order chi connectivity index (χ0) is 18.1. The van der Waals surface area contributed by atoms with Crippen molar-refractivity contribution in [1.29, 1.82) is 0 Å². The van der Waals surface area contributed by atoms with Crippen LogP contribution in [0.4, 0.5) is 0 Å². The molecule has 4 rings (SSSR count). The minimum atomic E-state index is -0.0900. The van der Waals surface area contributed by atoms with Gasteiger partial charge in [0, 0.05) is 18.0 Å². The van der Waals surface area contributed by atoms with Crippen LogP contribution in [0.1, 0.15) is 16.8 Å². The van der Waals surface area contributed by atoms with Crippen LogP contribution in [0.3, 0.4) is 0 Å². The number of aromatic nitrogens is 6. The van der Waals surface area contributed by atoms with Gasteiger partial charge in [-0.2, -0.15) is 4.68 Å². The molecule has 8 heteroatoms. The average molecular weight is 364 g/mol. The number of hydrogen-bond donors (Lipinski definition) is 0. The first-order chi connectivity index (χ1) is 12.6. The summed E-state index contributed by atoms with van der Waals surface area (Å²) < 4.78 is 3.26. The zero-order valence-electron chi connectivity index (χ0n) is 14.3. The van der Waals surface area contributed by atoms with E-state index < -0.39 is 0 Å². The van der Waals surface area contributed by atoms with E-state index in [0.29, 0.717) is 22.3 Å². The van der Waals surface area contributed by atoms with Crippen molar-refractivity contribution in [3.05, 3.63) is 75.8 Å². The van der Waals surface area contributed by atoms with Gasteiger partial charge < -0.3 is 0 Å². The molecule has 3 aromatic heterocycles. The second-order valence-electron chi connectivity index (χ2n) is 5.97. The highest BCUT2D eigenvalue weighted by atomic mass is 32.2. The molecule has 26 heavy (non-hydrogen) atoms. The van der Waals surface area contributed by atoms with Gasteiger partial charge in [-0.05, 0) is 47.5 Å². The van der Waals surface area contributed by atoms with Crippen molar-refractivity contribution in [1.82, 2.24) is 29.6 Å². The van der Waals surface area contributed by atoms with Gasteiger partial charge in [0.2, 0.25) is 5.16 Å². The van der Waals surface area contributed by atoms with Crippen molar-refractivity contribution in [3.63, 3.8) is 0 Å². The number of fused-ring (bicyclic) bond motifs is 1. The molecule has 130 valence electrons. The van der Waals surface area contributed by atoms with Crippen molar-refractivity contribution < 1.29 is 0 Å². The molecule has 0 saturated heterocycles. The van der Waals surface area contributed by atoms with Crippen LogP contribution in [0.15, 0.2) is 58.6 Å². The maximum absolute atomic E-state index is 12.3. The minimum absolute atomic E-state index is 0.0900. The molecule has 0 aliphatic carbocycles. The molecule has 0 saturated carbocycles. The van der Waals surface area contributed by atoms with E-state index in [1.807, 2.05) is 50.2 Å². The van der Waals surface area contributed by atoms with Crippen molar-refractivity contribution >= 4 is 17.4 Å². The van der Waals surface area contributed by atoms with Gasteiger partial charge >= 0.3 is 0 Å². The van der Waals surface area contributed by atoms with Crippen molar-refractivity contribution in [3.8, 4) is 5.69 Å². The van der Waals surface area contributed by atoms with E-state index in [9.17, 15) is 4.79 Å². The van der Waals surface area contributed by atoms with Crippen LogP contribution in [0.5, 0.6) is 0 Å². The van der Waals surface area contributed by atoms with Gasteiger partial charge in [-0.25, -0.2) is 4.98 Å². The number of pyridine rings is 1. The number of rotatable bonds is 4. The fourth-order valence-corrected chi connectivity index (χ4v) is 3.47. The van der Waals surface area contributed by atoms with Gasteiger partial charge in [0.1, 0.15) is 5.65 Å². The van der Waals surface area contributed by atoms with Gasteiger partial charge in [0.25, 0.3) is 5.56 Å². The Hall–Kier alpha value is -3.00. The normalized spacial score (nSPS) is 11.2. The van der Waals surface area contributed by atoms with Crippen LogP contribution >= 0.6 is 11.8 Å². The Morgan fingerprint density at radius 3 is 2.81 bits per heavy atom.